The van der Waals surface area contributed by atoms with Crippen LogP contribution in [0.4, 0.5) is 20.6 Å². The number of hydrazone groups is 1. The van der Waals surface area contributed by atoms with Gasteiger partial charge in [-0.1, -0.05) is 18.2 Å². The molecule has 1 aliphatic rings. The number of rotatable bonds is 6. The summed E-state index contributed by atoms with van der Waals surface area (Å²) in [6, 6.07) is 15.3. The lowest BCUT2D eigenvalue weighted by molar-refractivity contribution is 0.190. The SMILES string of the molecule is COc1cc2c(c(F)c1OC)C=NN(C(=O)N(C)c1ccc(NS(=O)(=O)c3ccccc3)cc1)C(C)C2. The van der Waals surface area contributed by atoms with E-state index in [4.69, 9.17) is 9.47 Å². The largest absolute Gasteiger partial charge is 0.493 e. The summed E-state index contributed by atoms with van der Waals surface area (Å²) in [5.41, 5.74) is 1.74. The van der Waals surface area contributed by atoms with Crippen LogP contribution in [0.1, 0.15) is 18.1 Å². The second-order valence-electron chi connectivity index (χ2n) is 8.45. The van der Waals surface area contributed by atoms with Gasteiger partial charge in [0.2, 0.25) is 0 Å². The number of anilines is 2. The summed E-state index contributed by atoms with van der Waals surface area (Å²) >= 11 is 0. The molecule has 194 valence electrons. The lowest BCUT2D eigenvalue weighted by Crippen LogP contribution is -2.43. The fraction of sp³-hybridized carbons (Fsp3) is 0.231. The highest BCUT2D eigenvalue weighted by Gasteiger charge is 2.29. The molecule has 0 fully saturated rings. The Morgan fingerprint density at radius 1 is 1.11 bits per heavy atom. The minimum atomic E-state index is -3.74. The topological polar surface area (TPSA) is 101 Å². The number of sulfonamides is 1. The van der Waals surface area contributed by atoms with Gasteiger partial charge in [-0.25, -0.2) is 22.6 Å². The monoisotopic (exact) mass is 526 g/mol. The fourth-order valence-corrected chi connectivity index (χ4v) is 5.11. The van der Waals surface area contributed by atoms with Crippen molar-refractivity contribution in [1.82, 2.24) is 5.01 Å². The molecule has 2 amide bonds. The van der Waals surface area contributed by atoms with Gasteiger partial charge in [-0.3, -0.25) is 9.62 Å². The summed E-state index contributed by atoms with van der Waals surface area (Å²) in [5, 5.41) is 5.55. The number of halogens is 1. The van der Waals surface area contributed by atoms with Gasteiger partial charge in [-0.2, -0.15) is 5.10 Å². The molecule has 3 aromatic carbocycles. The van der Waals surface area contributed by atoms with Gasteiger partial charge < -0.3 is 9.47 Å². The standard InChI is InChI=1S/C26H27FN4O5S/c1-17-14-18-15-23(35-3)25(36-4)24(27)22(18)16-28-31(17)26(32)30(2)20-12-10-19(11-13-20)29-37(33,34)21-8-6-5-7-9-21/h5-13,15-17,29H,14H2,1-4H3. The third-order valence-corrected chi connectivity index (χ3v) is 7.42. The molecular formula is C26H27FN4O5S. The molecule has 1 N–H and O–H groups in total. The third-order valence-electron chi connectivity index (χ3n) is 6.02. The van der Waals surface area contributed by atoms with Gasteiger partial charge in [0, 0.05) is 24.0 Å². The first-order valence-corrected chi connectivity index (χ1v) is 12.9. The minimum Gasteiger partial charge on any atom is -0.493 e. The van der Waals surface area contributed by atoms with Gasteiger partial charge in [0.1, 0.15) is 0 Å². The van der Waals surface area contributed by atoms with Crippen molar-refractivity contribution in [2.45, 2.75) is 24.3 Å². The van der Waals surface area contributed by atoms with Gasteiger partial charge in [-0.15, -0.1) is 0 Å². The molecule has 0 bridgehead atoms. The van der Waals surface area contributed by atoms with E-state index in [9.17, 15) is 13.2 Å². The van der Waals surface area contributed by atoms with Crippen molar-refractivity contribution in [3.05, 3.63) is 77.6 Å². The molecule has 4 rings (SSSR count). The Balaban J connectivity index is 1.52. The second kappa shape index (κ2) is 10.5. The molecule has 0 saturated heterocycles. The number of carbonyl (C=O) groups excluding carboxylic acids is 1. The summed E-state index contributed by atoms with van der Waals surface area (Å²) in [6.07, 6.45) is 1.65. The molecule has 0 radical (unpaired) electrons. The smallest absolute Gasteiger partial charge is 0.344 e. The summed E-state index contributed by atoms with van der Waals surface area (Å²) < 4.78 is 53.1. The molecule has 0 aliphatic carbocycles. The Kier molecular flexibility index (Phi) is 7.35. The summed E-state index contributed by atoms with van der Waals surface area (Å²) in [5.74, 6) is -0.372. The predicted octanol–water partition coefficient (Wildman–Crippen LogP) is 4.48. The number of fused-ring (bicyclic) bond motifs is 1. The minimum absolute atomic E-state index is 0.0276. The molecule has 11 heteroatoms. The van der Waals surface area contributed by atoms with Crippen molar-refractivity contribution in [3.63, 3.8) is 0 Å². The molecule has 0 saturated carbocycles. The molecule has 1 unspecified atom stereocenters. The molecule has 9 nitrogen and oxygen atoms in total. The van der Waals surface area contributed by atoms with Crippen LogP contribution in [0.5, 0.6) is 11.5 Å². The number of benzene rings is 3. The van der Waals surface area contributed by atoms with Crippen molar-refractivity contribution < 1.29 is 27.1 Å². The first-order chi connectivity index (χ1) is 17.7. The summed E-state index contributed by atoms with van der Waals surface area (Å²) in [6.45, 7) is 1.81. The number of ether oxygens (including phenoxy) is 2. The summed E-state index contributed by atoms with van der Waals surface area (Å²) in [4.78, 5) is 14.9. The number of hydrogen-bond acceptors (Lipinski definition) is 6. The summed E-state index contributed by atoms with van der Waals surface area (Å²) in [7, 11) is 0.629. The molecule has 1 heterocycles. The molecule has 0 spiro atoms. The van der Waals surface area contributed by atoms with Gasteiger partial charge in [-0.05, 0) is 61.4 Å². The maximum absolute atomic E-state index is 15.1. The Morgan fingerprint density at radius 2 is 1.78 bits per heavy atom. The Labute approximate surface area is 215 Å². The van der Waals surface area contributed by atoms with Crippen molar-refractivity contribution in [3.8, 4) is 11.5 Å². The van der Waals surface area contributed by atoms with Crippen LogP contribution in [0.25, 0.3) is 0 Å². The molecule has 0 aromatic heterocycles. The van der Waals surface area contributed by atoms with Crippen LogP contribution in [-0.4, -0.2) is 53.0 Å². The van der Waals surface area contributed by atoms with Crippen LogP contribution in [0.2, 0.25) is 0 Å². The average molecular weight is 527 g/mol. The zero-order chi connectivity index (χ0) is 26.7. The molecular weight excluding hydrogens is 499 g/mol. The number of nitrogens with one attached hydrogen (secondary N) is 1. The lowest BCUT2D eigenvalue weighted by Gasteiger charge is -2.28. The maximum Gasteiger partial charge on any atom is 0.344 e. The predicted molar refractivity (Wildman–Crippen MR) is 140 cm³/mol. The van der Waals surface area contributed by atoms with E-state index in [1.807, 2.05) is 6.92 Å². The maximum atomic E-state index is 15.1. The molecule has 1 atom stereocenters. The van der Waals surface area contributed by atoms with E-state index in [0.717, 1.165) is 0 Å². The van der Waals surface area contributed by atoms with E-state index in [1.54, 1.807) is 55.6 Å². The van der Waals surface area contributed by atoms with Gasteiger partial charge in [0.05, 0.1) is 31.4 Å². The normalized spacial score (nSPS) is 14.9. The van der Waals surface area contributed by atoms with E-state index in [0.29, 0.717) is 23.4 Å². The van der Waals surface area contributed by atoms with Crippen molar-refractivity contribution >= 4 is 33.6 Å². The Bertz CT molecular complexity index is 1430. The van der Waals surface area contributed by atoms with Gasteiger partial charge >= 0.3 is 6.03 Å². The van der Waals surface area contributed by atoms with Crippen molar-refractivity contribution in [1.29, 1.82) is 0 Å². The highest BCUT2D eigenvalue weighted by atomic mass is 32.2. The van der Waals surface area contributed by atoms with E-state index in [-0.39, 0.29) is 28.0 Å². The fourth-order valence-electron chi connectivity index (χ4n) is 4.03. The van der Waals surface area contributed by atoms with E-state index >= 15 is 4.39 Å². The third kappa shape index (κ3) is 5.21. The first-order valence-electron chi connectivity index (χ1n) is 11.4. The number of methoxy groups -OCH3 is 2. The number of amides is 2. The molecule has 1 aliphatic heterocycles. The molecule has 3 aromatic rings. The average Bonchev–Trinajstić information content (AvgIpc) is 3.06. The highest BCUT2D eigenvalue weighted by molar-refractivity contribution is 7.92. The van der Waals surface area contributed by atoms with E-state index < -0.39 is 21.9 Å². The van der Waals surface area contributed by atoms with Crippen molar-refractivity contribution in [2.24, 2.45) is 5.10 Å². The number of urea groups is 1. The van der Waals surface area contributed by atoms with Crippen molar-refractivity contribution in [2.75, 3.05) is 30.9 Å². The van der Waals surface area contributed by atoms with Crippen LogP contribution >= 0.6 is 0 Å². The van der Waals surface area contributed by atoms with Gasteiger partial charge in [0.15, 0.2) is 17.3 Å². The zero-order valence-corrected chi connectivity index (χ0v) is 21.6. The number of carbonyl (C=O) groups is 1. The highest BCUT2D eigenvalue weighted by Crippen LogP contribution is 2.36. The van der Waals surface area contributed by atoms with Gasteiger partial charge in [0.25, 0.3) is 10.0 Å². The molecule has 37 heavy (non-hydrogen) atoms. The first kappa shape index (κ1) is 26.0. The van der Waals surface area contributed by atoms with Crippen LogP contribution in [0.3, 0.4) is 0 Å². The van der Waals surface area contributed by atoms with Crippen LogP contribution in [0.15, 0.2) is 70.7 Å². The van der Waals surface area contributed by atoms with E-state index in [2.05, 4.69) is 9.82 Å². The zero-order valence-electron chi connectivity index (χ0n) is 20.8. The van der Waals surface area contributed by atoms with Crippen LogP contribution in [-0.2, 0) is 16.4 Å². The van der Waals surface area contributed by atoms with E-state index in [1.165, 1.54) is 42.5 Å². The Morgan fingerprint density at radius 3 is 2.41 bits per heavy atom. The Hall–Kier alpha value is -4.12. The second-order valence-corrected chi connectivity index (χ2v) is 10.1. The quantitative estimate of drug-likeness (QED) is 0.511. The van der Waals surface area contributed by atoms with Crippen LogP contribution < -0.4 is 19.1 Å². The van der Waals surface area contributed by atoms with Crippen LogP contribution in [0, 0.1) is 5.82 Å². The number of hydrogen-bond donors (Lipinski definition) is 1. The lowest BCUT2D eigenvalue weighted by atomic mass is 10.00. The number of nitrogens with zero attached hydrogens (tertiary/aromatic N) is 3.